The number of carbonyl (C=O) groups excluding carboxylic acids is 1. The van der Waals surface area contributed by atoms with E-state index in [-0.39, 0.29) is 17.2 Å². The highest BCUT2D eigenvalue weighted by Crippen LogP contribution is 2.24. The fourth-order valence-electron chi connectivity index (χ4n) is 3.11. The maximum Gasteiger partial charge on any atom is 0.270 e. The van der Waals surface area contributed by atoms with Gasteiger partial charge < -0.3 is 9.47 Å². The quantitative estimate of drug-likeness (QED) is 0.849. The molecular formula is C18H22N2O2S. The van der Waals surface area contributed by atoms with E-state index in [0.29, 0.717) is 18.0 Å². The first kappa shape index (κ1) is 16.0. The molecule has 1 aliphatic rings. The Kier molecular flexibility index (Phi) is 4.39. The van der Waals surface area contributed by atoms with Crippen LogP contribution in [-0.4, -0.2) is 43.2 Å². The molecule has 2 aromatic rings. The van der Waals surface area contributed by atoms with Crippen molar-refractivity contribution in [3.8, 4) is 11.3 Å². The van der Waals surface area contributed by atoms with E-state index in [4.69, 9.17) is 0 Å². The fourth-order valence-corrected chi connectivity index (χ4v) is 4.44. The zero-order valence-corrected chi connectivity index (χ0v) is 14.5. The van der Waals surface area contributed by atoms with E-state index in [1.54, 1.807) is 0 Å². The molecule has 1 aromatic heterocycles. The van der Waals surface area contributed by atoms with Crippen molar-refractivity contribution in [3.05, 3.63) is 48.2 Å². The predicted octanol–water partition coefficient (Wildman–Crippen LogP) is 2.67. The number of rotatable bonds is 2. The molecular weight excluding hydrogens is 308 g/mol. The molecule has 0 bridgehead atoms. The van der Waals surface area contributed by atoms with Crippen molar-refractivity contribution in [2.24, 2.45) is 7.05 Å². The van der Waals surface area contributed by atoms with Crippen LogP contribution in [0.1, 0.15) is 24.3 Å². The molecule has 1 saturated heterocycles. The van der Waals surface area contributed by atoms with E-state index >= 15 is 0 Å². The second kappa shape index (κ2) is 6.32. The summed E-state index contributed by atoms with van der Waals surface area (Å²) in [6.45, 7) is 4.50. The molecule has 3 rings (SSSR count). The Hall–Kier alpha value is -1.88. The zero-order chi connectivity index (χ0) is 16.6. The summed E-state index contributed by atoms with van der Waals surface area (Å²) in [6, 6.07) is 13.9. The molecule has 23 heavy (non-hydrogen) atoms. The summed E-state index contributed by atoms with van der Waals surface area (Å²) in [6.07, 6.45) is 0. The van der Waals surface area contributed by atoms with Gasteiger partial charge in [-0.3, -0.25) is 9.00 Å². The molecule has 0 N–H and O–H groups in total. The number of hydrogen-bond donors (Lipinski definition) is 0. The summed E-state index contributed by atoms with van der Waals surface area (Å²) in [5.41, 5.74) is 2.79. The summed E-state index contributed by atoms with van der Waals surface area (Å²) < 4.78 is 13.9. The summed E-state index contributed by atoms with van der Waals surface area (Å²) in [5, 5.41) is 0.0153. The van der Waals surface area contributed by atoms with Gasteiger partial charge in [-0.1, -0.05) is 30.3 Å². The smallest absolute Gasteiger partial charge is 0.270 e. The molecule has 2 heterocycles. The molecule has 3 unspecified atom stereocenters. The van der Waals surface area contributed by atoms with Gasteiger partial charge in [0.2, 0.25) is 0 Å². The van der Waals surface area contributed by atoms with Gasteiger partial charge in [-0.15, -0.1) is 0 Å². The van der Waals surface area contributed by atoms with Gasteiger partial charge >= 0.3 is 0 Å². The second-order valence-electron chi connectivity index (χ2n) is 6.06. The lowest BCUT2D eigenvalue weighted by Crippen LogP contribution is -2.52. The maximum atomic E-state index is 12.9. The van der Waals surface area contributed by atoms with Crippen molar-refractivity contribution < 1.29 is 9.00 Å². The van der Waals surface area contributed by atoms with E-state index < -0.39 is 10.8 Å². The SMILES string of the molecule is CC1C(C)S(=O)CCN1C(=O)c1ccc(-c2ccccc2)n1C. The van der Waals surface area contributed by atoms with Gasteiger partial charge in [0.1, 0.15) is 5.69 Å². The van der Waals surface area contributed by atoms with Crippen LogP contribution in [0.4, 0.5) is 0 Å². The number of nitrogens with zero attached hydrogens (tertiary/aromatic N) is 2. The highest BCUT2D eigenvalue weighted by molar-refractivity contribution is 7.85. The van der Waals surface area contributed by atoms with Crippen LogP contribution < -0.4 is 0 Å². The van der Waals surface area contributed by atoms with Crippen LogP contribution in [0.5, 0.6) is 0 Å². The number of benzene rings is 1. The summed E-state index contributed by atoms with van der Waals surface area (Å²) in [4.78, 5) is 14.8. The summed E-state index contributed by atoms with van der Waals surface area (Å²) in [7, 11) is 1.08. The average molecular weight is 330 g/mol. The highest BCUT2D eigenvalue weighted by Gasteiger charge is 2.34. The standard InChI is InChI=1S/C18H22N2O2S/c1-13-14(2)23(22)12-11-20(13)18(21)17-10-9-16(19(17)3)15-7-5-4-6-8-15/h4-10,13-14H,11-12H2,1-3H3. The largest absolute Gasteiger partial charge is 0.340 e. The average Bonchev–Trinajstić information content (AvgIpc) is 2.94. The van der Waals surface area contributed by atoms with Crippen LogP contribution in [0, 0.1) is 0 Å². The van der Waals surface area contributed by atoms with Crippen LogP contribution in [0.3, 0.4) is 0 Å². The van der Waals surface area contributed by atoms with Gasteiger partial charge in [-0.25, -0.2) is 0 Å². The lowest BCUT2D eigenvalue weighted by atomic mass is 10.2. The fraction of sp³-hybridized carbons (Fsp3) is 0.389. The first-order chi connectivity index (χ1) is 11.0. The molecule has 1 aliphatic heterocycles. The van der Waals surface area contributed by atoms with Gasteiger partial charge in [-0.05, 0) is 31.5 Å². The monoisotopic (exact) mass is 330 g/mol. The lowest BCUT2D eigenvalue weighted by molar-refractivity contribution is 0.0686. The summed E-state index contributed by atoms with van der Waals surface area (Å²) in [5.74, 6) is 0.582. The van der Waals surface area contributed by atoms with E-state index in [1.165, 1.54) is 0 Å². The minimum Gasteiger partial charge on any atom is -0.340 e. The minimum atomic E-state index is -0.839. The molecule has 1 amide bonds. The van der Waals surface area contributed by atoms with Crippen molar-refractivity contribution in [1.82, 2.24) is 9.47 Å². The predicted molar refractivity (Wildman–Crippen MR) is 93.8 cm³/mol. The van der Waals surface area contributed by atoms with E-state index in [2.05, 4.69) is 0 Å². The van der Waals surface area contributed by atoms with E-state index in [1.807, 2.05) is 72.8 Å². The van der Waals surface area contributed by atoms with Gasteiger partial charge in [-0.2, -0.15) is 0 Å². The molecule has 122 valence electrons. The topological polar surface area (TPSA) is 42.3 Å². The molecule has 1 aromatic carbocycles. The molecule has 0 spiro atoms. The first-order valence-corrected chi connectivity index (χ1v) is 9.28. The van der Waals surface area contributed by atoms with Crippen LogP contribution in [0.15, 0.2) is 42.5 Å². The highest BCUT2D eigenvalue weighted by atomic mass is 32.2. The molecule has 1 fully saturated rings. The van der Waals surface area contributed by atoms with Gasteiger partial charge in [0.25, 0.3) is 5.91 Å². The molecule has 0 radical (unpaired) electrons. The molecule has 3 atom stereocenters. The van der Waals surface area contributed by atoms with E-state index in [0.717, 1.165) is 11.3 Å². The number of amides is 1. The Labute approximate surface area is 139 Å². The maximum absolute atomic E-state index is 12.9. The number of carbonyl (C=O) groups is 1. The zero-order valence-electron chi connectivity index (χ0n) is 13.7. The molecule has 4 nitrogen and oxygen atoms in total. The number of hydrogen-bond acceptors (Lipinski definition) is 2. The second-order valence-corrected chi connectivity index (χ2v) is 7.97. The van der Waals surface area contributed by atoms with Crippen molar-refractivity contribution in [2.45, 2.75) is 25.1 Å². The van der Waals surface area contributed by atoms with Crippen molar-refractivity contribution in [1.29, 1.82) is 0 Å². The molecule has 0 saturated carbocycles. The Morgan fingerprint density at radius 2 is 1.83 bits per heavy atom. The van der Waals surface area contributed by atoms with Crippen LogP contribution in [0.2, 0.25) is 0 Å². The lowest BCUT2D eigenvalue weighted by Gasteiger charge is -2.37. The van der Waals surface area contributed by atoms with Crippen LogP contribution in [0.25, 0.3) is 11.3 Å². The first-order valence-electron chi connectivity index (χ1n) is 7.90. The van der Waals surface area contributed by atoms with Crippen LogP contribution >= 0.6 is 0 Å². The summed E-state index contributed by atoms with van der Waals surface area (Å²) >= 11 is 0. The minimum absolute atomic E-state index is 0.00726. The van der Waals surface area contributed by atoms with Crippen molar-refractivity contribution >= 4 is 16.7 Å². The van der Waals surface area contributed by atoms with E-state index in [9.17, 15) is 9.00 Å². The third-order valence-electron chi connectivity index (χ3n) is 4.79. The van der Waals surface area contributed by atoms with Crippen molar-refractivity contribution in [2.75, 3.05) is 12.3 Å². The third kappa shape index (κ3) is 2.85. The third-order valence-corrected chi connectivity index (χ3v) is 6.60. The van der Waals surface area contributed by atoms with Gasteiger partial charge in [0.05, 0.1) is 5.25 Å². The Bertz CT molecular complexity index is 739. The van der Waals surface area contributed by atoms with Gasteiger partial charge in [0.15, 0.2) is 0 Å². The molecule has 0 aliphatic carbocycles. The normalized spacial score (nSPS) is 24.7. The Morgan fingerprint density at radius 1 is 1.13 bits per heavy atom. The van der Waals surface area contributed by atoms with Crippen LogP contribution in [-0.2, 0) is 17.8 Å². The van der Waals surface area contributed by atoms with Crippen molar-refractivity contribution in [3.63, 3.8) is 0 Å². The Morgan fingerprint density at radius 3 is 2.52 bits per heavy atom. The molecule has 5 heteroatoms. The van der Waals surface area contributed by atoms with Gasteiger partial charge in [0, 0.05) is 41.9 Å². The number of aromatic nitrogens is 1. The Balaban J connectivity index is 1.89.